The predicted molar refractivity (Wildman–Crippen MR) is 78.5 cm³/mol. The Hall–Kier alpha value is -1.59. The van der Waals surface area contributed by atoms with Crippen LogP contribution in [-0.4, -0.2) is 24.9 Å². The average Bonchev–Trinajstić information content (AvgIpc) is 2.36. The summed E-state index contributed by atoms with van der Waals surface area (Å²) in [6.07, 6.45) is 0. The minimum absolute atomic E-state index is 0. The summed E-state index contributed by atoms with van der Waals surface area (Å²) >= 11 is 0. The second kappa shape index (κ2) is 8.50. The number of anilines is 1. The quantitative estimate of drug-likeness (QED) is 0.764. The average molecular weight is 286 g/mol. The lowest BCUT2D eigenvalue weighted by Gasteiger charge is -2.08. The van der Waals surface area contributed by atoms with Crippen molar-refractivity contribution in [2.45, 2.75) is 13.8 Å². The van der Waals surface area contributed by atoms with Gasteiger partial charge in [0.05, 0.1) is 0 Å². The van der Waals surface area contributed by atoms with Gasteiger partial charge in [0.1, 0.15) is 0 Å². The van der Waals surface area contributed by atoms with Crippen LogP contribution in [0.25, 0.3) is 0 Å². The molecule has 0 bridgehead atoms. The van der Waals surface area contributed by atoms with Crippen molar-refractivity contribution in [1.29, 1.82) is 0 Å². The van der Waals surface area contributed by atoms with Gasteiger partial charge < -0.3 is 16.4 Å². The van der Waals surface area contributed by atoms with E-state index in [-0.39, 0.29) is 30.1 Å². The van der Waals surface area contributed by atoms with Gasteiger partial charge in [0.25, 0.3) is 5.91 Å². The van der Waals surface area contributed by atoms with Gasteiger partial charge in [0, 0.05) is 30.3 Å². The summed E-state index contributed by atoms with van der Waals surface area (Å²) in [7, 11) is 0. The first-order valence-electron chi connectivity index (χ1n) is 5.93. The van der Waals surface area contributed by atoms with E-state index in [1.54, 1.807) is 24.3 Å². The normalized spacial score (nSPS) is 9.68. The lowest BCUT2D eigenvalue weighted by atomic mass is 10.1. The number of hydrogen-bond donors (Lipinski definition) is 3. The number of hydrogen-bond acceptors (Lipinski definition) is 3. The van der Waals surface area contributed by atoms with Crippen LogP contribution in [0.4, 0.5) is 5.69 Å². The fraction of sp³-hybridized carbons (Fsp3) is 0.385. The topological polar surface area (TPSA) is 84.2 Å². The molecule has 0 unspecified atom stereocenters. The van der Waals surface area contributed by atoms with Gasteiger partial charge in [0.15, 0.2) is 0 Å². The molecule has 4 N–H and O–H groups in total. The smallest absolute Gasteiger partial charge is 0.251 e. The Balaban J connectivity index is 0.00000324. The number of rotatable bonds is 5. The Morgan fingerprint density at radius 1 is 1.21 bits per heavy atom. The molecule has 0 aliphatic rings. The van der Waals surface area contributed by atoms with Crippen molar-refractivity contribution < 1.29 is 9.59 Å². The Morgan fingerprint density at radius 3 is 2.26 bits per heavy atom. The largest absolute Gasteiger partial charge is 0.351 e. The fourth-order valence-corrected chi connectivity index (χ4v) is 1.28. The van der Waals surface area contributed by atoms with Gasteiger partial charge in [0.2, 0.25) is 5.91 Å². The Kier molecular flexibility index (Phi) is 7.79. The summed E-state index contributed by atoms with van der Waals surface area (Å²) in [5, 5.41) is 5.44. The maximum absolute atomic E-state index is 11.6. The van der Waals surface area contributed by atoms with Gasteiger partial charge in [-0.15, -0.1) is 12.4 Å². The third kappa shape index (κ3) is 5.72. The zero-order valence-corrected chi connectivity index (χ0v) is 11.9. The van der Waals surface area contributed by atoms with Crippen LogP contribution >= 0.6 is 12.4 Å². The van der Waals surface area contributed by atoms with E-state index in [0.29, 0.717) is 24.3 Å². The van der Waals surface area contributed by atoms with Gasteiger partial charge in [-0.25, -0.2) is 0 Å². The van der Waals surface area contributed by atoms with E-state index in [9.17, 15) is 9.59 Å². The highest BCUT2D eigenvalue weighted by atomic mass is 35.5. The highest BCUT2D eigenvalue weighted by Gasteiger charge is 2.08. The zero-order valence-electron chi connectivity index (χ0n) is 11.1. The lowest BCUT2D eigenvalue weighted by Crippen LogP contribution is -2.28. The summed E-state index contributed by atoms with van der Waals surface area (Å²) in [4.78, 5) is 23.1. The molecule has 0 aliphatic carbocycles. The highest BCUT2D eigenvalue weighted by molar-refractivity contribution is 5.96. The molecule has 0 aliphatic heterocycles. The second-order valence-electron chi connectivity index (χ2n) is 4.27. The molecule has 1 aromatic carbocycles. The van der Waals surface area contributed by atoms with Crippen LogP contribution in [0.1, 0.15) is 24.2 Å². The third-order valence-corrected chi connectivity index (χ3v) is 2.37. The first-order valence-corrected chi connectivity index (χ1v) is 5.93. The number of benzene rings is 1. The summed E-state index contributed by atoms with van der Waals surface area (Å²) in [5.41, 5.74) is 6.53. The van der Waals surface area contributed by atoms with E-state index in [0.717, 1.165) is 0 Å². The van der Waals surface area contributed by atoms with E-state index in [2.05, 4.69) is 10.6 Å². The minimum Gasteiger partial charge on any atom is -0.351 e. The number of nitrogens with two attached hydrogens (primary N) is 1. The number of carbonyl (C=O) groups excluding carboxylic acids is 2. The second-order valence-corrected chi connectivity index (χ2v) is 4.27. The first kappa shape index (κ1) is 17.4. The van der Waals surface area contributed by atoms with Gasteiger partial charge in [-0.3, -0.25) is 9.59 Å². The highest BCUT2D eigenvalue weighted by Crippen LogP contribution is 2.10. The van der Waals surface area contributed by atoms with E-state index in [1.807, 2.05) is 13.8 Å². The molecule has 5 nitrogen and oxygen atoms in total. The summed E-state index contributed by atoms with van der Waals surface area (Å²) in [6, 6.07) is 6.75. The predicted octanol–water partition coefficient (Wildman–Crippen LogP) is 1.39. The molecule has 0 spiro atoms. The van der Waals surface area contributed by atoms with Crippen LogP contribution in [0, 0.1) is 5.92 Å². The van der Waals surface area contributed by atoms with Gasteiger partial charge in [-0.1, -0.05) is 13.8 Å². The van der Waals surface area contributed by atoms with Crippen LogP contribution in [-0.2, 0) is 4.79 Å². The SMILES string of the molecule is CC(C)C(=O)Nc1ccc(C(=O)NCCN)cc1.Cl. The summed E-state index contributed by atoms with van der Waals surface area (Å²) < 4.78 is 0. The molecule has 19 heavy (non-hydrogen) atoms. The molecule has 106 valence electrons. The third-order valence-electron chi connectivity index (χ3n) is 2.37. The van der Waals surface area contributed by atoms with Crippen molar-refractivity contribution in [2.75, 3.05) is 18.4 Å². The maximum Gasteiger partial charge on any atom is 0.251 e. The van der Waals surface area contributed by atoms with Crippen LogP contribution in [0.3, 0.4) is 0 Å². The van der Waals surface area contributed by atoms with E-state index < -0.39 is 0 Å². The van der Waals surface area contributed by atoms with Crippen molar-refractivity contribution in [3.63, 3.8) is 0 Å². The first-order chi connectivity index (χ1) is 8.54. The number of halogens is 1. The molecule has 0 fully saturated rings. The van der Waals surface area contributed by atoms with Crippen molar-refractivity contribution >= 4 is 29.9 Å². The van der Waals surface area contributed by atoms with Crippen LogP contribution < -0.4 is 16.4 Å². The fourth-order valence-electron chi connectivity index (χ4n) is 1.28. The molecule has 1 rings (SSSR count). The molecule has 2 amide bonds. The molecule has 0 saturated heterocycles. The van der Waals surface area contributed by atoms with Crippen molar-refractivity contribution in [2.24, 2.45) is 11.7 Å². The van der Waals surface area contributed by atoms with Crippen LogP contribution in [0.2, 0.25) is 0 Å². The minimum atomic E-state index is -0.165. The van der Waals surface area contributed by atoms with Crippen molar-refractivity contribution in [3.05, 3.63) is 29.8 Å². The lowest BCUT2D eigenvalue weighted by molar-refractivity contribution is -0.118. The Morgan fingerprint density at radius 2 is 1.79 bits per heavy atom. The Labute approximate surface area is 119 Å². The molecular weight excluding hydrogens is 266 g/mol. The van der Waals surface area contributed by atoms with Gasteiger partial charge in [-0.2, -0.15) is 0 Å². The molecular formula is C13H20ClN3O2. The number of carbonyl (C=O) groups is 2. The standard InChI is InChI=1S/C13H19N3O2.ClH/c1-9(2)12(17)16-11-5-3-10(4-6-11)13(18)15-8-7-14;/h3-6,9H,7-8,14H2,1-2H3,(H,15,18)(H,16,17);1H. The molecule has 0 aromatic heterocycles. The molecule has 0 radical (unpaired) electrons. The zero-order chi connectivity index (χ0) is 13.5. The molecule has 6 heteroatoms. The number of nitrogens with one attached hydrogen (secondary N) is 2. The van der Waals surface area contributed by atoms with Gasteiger partial charge in [-0.05, 0) is 24.3 Å². The molecule has 0 heterocycles. The summed E-state index contributed by atoms with van der Waals surface area (Å²) in [5.74, 6) is -0.282. The summed E-state index contributed by atoms with van der Waals surface area (Å²) in [6.45, 7) is 4.51. The number of amides is 2. The molecule has 0 saturated carbocycles. The van der Waals surface area contributed by atoms with Crippen LogP contribution in [0.15, 0.2) is 24.3 Å². The van der Waals surface area contributed by atoms with E-state index >= 15 is 0 Å². The maximum atomic E-state index is 11.6. The Bertz CT molecular complexity index is 418. The van der Waals surface area contributed by atoms with Crippen molar-refractivity contribution in [1.82, 2.24) is 5.32 Å². The molecule has 1 aromatic rings. The van der Waals surface area contributed by atoms with Gasteiger partial charge >= 0.3 is 0 Å². The van der Waals surface area contributed by atoms with E-state index in [4.69, 9.17) is 5.73 Å². The monoisotopic (exact) mass is 285 g/mol. The van der Waals surface area contributed by atoms with Crippen LogP contribution in [0.5, 0.6) is 0 Å². The van der Waals surface area contributed by atoms with Crippen molar-refractivity contribution in [3.8, 4) is 0 Å². The molecule has 0 atom stereocenters. The van der Waals surface area contributed by atoms with E-state index in [1.165, 1.54) is 0 Å².